The average molecular weight is 393 g/mol. The van der Waals surface area contributed by atoms with Gasteiger partial charge in [-0.3, -0.25) is 0 Å². The number of tetrazole rings is 1. The summed E-state index contributed by atoms with van der Waals surface area (Å²) in [6, 6.07) is 5.43. The van der Waals surface area contributed by atoms with Gasteiger partial charge in [-0.1, -0.05) is 32.6 Å². The summed E-state index contributed by atoms with van der Waals surface area (Å²) in [5.41, 5.74) is 1.52. The van der Waals surface area contributed by atoms with E-state index < -0.39 is 10.0 Å². The molecular weight excluding hydrogens is 364 g/mol. The maximum absolute atomic E-state index is 12.2. The third-order valence-electron chi connectivity index (χ3n) is 4.94. The zero-order valence-electron chi connectivity index (χ0n) is 16.0. The van der Waals surface area contributed by atoms with Gasteiger partial charge in [-0.15, -0.1) is 10.2 Å². The molecule has 0 unspecified atom stereocenters. The van der Waals surface area contributed by atoms with Crippen molar-refractivity contribution >= 4 is 15.7 Å². The minimum absolute atomic E-state index is 0.194. The molecule has 0 bridgehead atoms. The van der Waals surface area contributed by atoms with Crippen LogP contribution in [-0.2, 0) is 16.6 Å². The van der Waals surface area contributed by atoms with Crippen molar-refractivity contribution < 1.29 is 8.42 Å². The fraction of sp³-hybridized carbons (Fsp3) is 0.611. The molecule has 27 heavy (non-hydrogen) atoms. The van der Waals surface area contributed by atoms with Crippen LogP contribution in [0.1, 0.15) is 51.9 Å². The number of aryl methyl sites for hydroxylation is 1. The molecule has 0 spiro atoms. The van der Waals surface area contributed by atoms with Gasteiger partial charge in [0.25, 0.3) is 0 Å². The molecule has 1 aromatic carbocycles. The van der Waals surface area contributed by atoms with Crippen LogP contribution in [0.4, 0.5) is 5.69 Å². The fourth-order valence-electron chi connectivity index (χ4n) is 3.33. The molecule has 1 fully saturated rings. The van der Waals surface area contributed by atoms with E-state index in [4.69, 9.17) is 0 Å². The van der Waals surface area contributed by atoms with Gasteiger partial charge in [0, 0.05) is 17.3 Å². The van der Waals surface area contributed by atoms with Crippen LogP contribution in [0.3, 0.4) is 0 Å². The smallest absolute Gasteiger partial charge is 0.240 e. The molecule has 2 N–H and O–H groups in total. The van der Waals surface area contributed by atoms with Crippen LogP contribution in [0.5, 0.6) is 0 Å². The van der Waals surface area contributed by atoms with Gasteiger partial charge in [-0.2, -0.15) is 4.80 Å². The maximum Gasteiger partial charge on any atom is 0.240 e. The molecule has 148 valence electrons. The number of benzene rings is 1. The molecule has 3 rings (SSSR count). The zero-order valence-corrected chi connectivity index (χ0v) is 16.8. The molecule has 1 saturated carbocycles. The van der Waals surface area contributed by atoms with E-state index in [1.165, 1.54) is 26.3 Å². The first-order valence-corrected chi connectivity index (χ1v) is 11.1. The van der Waals surface area contributed by atoms with Crippen molar-refractivity contribution in [2.75, 3.05) is 12.4 Å². The minimum Gasteiger partial charge on any atom is -0.382 e. The SMILES string of the molecule is CCCCn1nnc(-c2cc(S(=O)(=O)NC)ccc2NC2CCCCC2)n1. The minimum atomic E-state index is -3.55. The quantitative estimate of drug-likeness (QED) is 0.716. The number of nitrogens with zero attached hydrogens (tertiary/aromatic N) is 4. The second-order valence-corrected chi connectivity index (χ2v) is 8.84. The highest BCUT2D eigenvalue weighted by Gasteiger charge is 2.20. The highest BCUT2D eigenvalue weighted by Crippen LogP contribution is 2.31. The van der Waals surface area contributed by atoms with Crippen molar-refractivity contribution in [3.8, 4) is 11.4 Å². The molecular formula is C18H28N6O2S. The van der Waals surface area contributed by atoms with Gasteiger partial charge in [-0.25, -0.2) is 13.1 Å². The van der Waals surface area contributed by atoms with E-state index in [2.05, 4.69) is 32.4 Å². The predicted molar refractivity (Wildman–Crippen MR) is 105 cm³/mol. The Hall–Kier alpha value is -2.00. The lowest BCUT2D eigenvalue weighted by Gasteiger charge is -2.25. The summed E-state index contributed by atoms with van der Waals surface area (Å²) in [6.45, 7) is 2.81. The maximum atomic E-state index is 12.2. The standard InChI is InChI=1S/C18H28N6O2S/c1-3-4-12-24-22-18(21-23-24)16-13-15(27(25,26)19-2)10-11-17(16)20-14-8-6-5-7-9-14/h10-11,13-14,19-20H,3-9,12H2,1-2H3. The molecule has 1 aromatic heterocycles. The van der Waals surface area contributed by atoms with Crippen LogP contribution in [-0.4, -0.2) is 41.7 Å². The van der Waals surface area contributed by atoms with Crippen LogP contribution >= 0.6 is 0 Å². The number of sulfonamides is 1. The Morgan fingerprint density at radius 2 is 2.00 bits per heavy atom. The summed E-state index contributed by atoms with van der Waals surface area (Å²) >= 11 is 0. The van der Waals surface area contributed by atoms with Crippen molar-refractivity contribution in [1.29, 1.82) is 0 Å². The molecule has 0 amide bonds. The van der Waals surface area contributed by atoms with Gasteiger partial charge < -0.3 is 5.32 Å². The average Bonchev–Trinajstić information content (AvgIpc) is 3.16. The molecule has 0 atom stereocenters. The molecule has 0 radical (unpaired) electrons. The molecule has 0 saturated heterocycles. The summed E-state index contributed by atoms with van der Waals surface area (Å²) in [6.07, 6.45) is 7.95. The number of unbranched alkanes of at least 4 members (excludes halogenated alkanes) is 1. The third-order valence-corrected chi connectivity index (χ3v) is 6.35. The van der Waals surface area contributed by atoms with Crippen molar-refractivity contribution in [3.63, 3.8) is 0 Å². The highest BCUT2D eigenvalue weighted by atomic mass is 32.2. The van der Waals surface area contributed by atoms with E-state index in [0.29, 0.717) is 24.0 Å². The Kier molecular flexibility index (Phi) is 6.43. The van der Waals surface area contributed by atoms with E-state index in [1.807, 2.05) is 0 Å². The van der Waals surface area contributed by atoms with Crippen LogP contribution in [0, 0.1) is 0 Å². The Morgan fingerprint density at radius 3 is 2.70 bits per heavy atom. The first-order chi connectivity index (χ1) is 13.0. The van der Waals surface area contributed by atoms with E-state index in [1.54, 1.807) is 23.0 Å². The molecule has 8 nitrogen and oxygen atoms in total. The summed E-state index contributed by atoms with van der Waals surface area (Å²) < 4.78 is 26.8. The van der Waals surface area contributed by atoms with Crippen LogP contribution < -0.4 is 10.0 Å². The molecule has 9 heteroatoms. The Balaban J connectivity index is 1.95. The molecule has 1 heterocycles. The van der Waals surface area contributed by atoms with E-state index in [-0.39, 0.29) is 4.90 Å². The lowest BCUT2D eigenvalue weighted by Crippen LogP contribution is -2.23. The van der Waals surface area contributed by atoms with Crippen LogP contribution in [0.25, 0.3) is 11.4 Å². The van der Waals surface area contributed by atoms with Crippen molar-refractivity contribution in [2.24, 2.45) is 0 Å². The Bertz CT molecular complexity index is 858. The third kappa shape index (κ3) is 4.84. The molecule has 1 aliphatic rings. The number of nitrogens with one attached hydrogen (secondary N) is 2. The molecule has 1 aliphatic carbocycles. The van der Waals surface area contributed by atoms with Gasteiger partial charge >= 0.3 is 0 Å². The van der Waals surface area contributed by atoms with Crippen molar-refractivity contribution in [1.82, 2.24) is 24.9 Å². The van der Waals surface area contributed by atoms with Gasteiger partial charge in [0.05, 0.1) is 11.4 Å². The highest BCUT2D eigenvalue weighted by molar-refractivity contribution is 7.89. The number of aromatic nitrogens is 4. The van der Waals surface area contributed by atoms with Crippen molar-refractivity contribution in [3.05, 3.63) is 18.2 Å². The largest absolute Gasteiger partial charge is 0.382 e. The summed E-state index contributed by atoms with van der Waals surface area (Å²) in [4.78, 5) is 1.77. The number of hydrogen-bond acceptors (Lipinski definition) is 6. The van der Waals surface area contributed by atoms with E-state index in [0.717, 1.165) is 31.4 Å². The lowest BCUT2D eigenvalue weighted by molar-refractivity contribution is 0.463. The normalized spacial score (nSPS) is 15.8. The van der Waals surface area contributed by atoms with E-state index in [9.17, 15) is 8.42 Å². The fourth-order valence-corrected chi connectivity index (χ4v) is 4.09. The second kappa shape index (κ2) is 8.79. The van der Waals surface area contributed by atoms with Gasteiger partial charge in [0.1, 0.15) is 0 Å². The topological polar surface area (TPSA) is 102 Å². The van der Waals surface area contributed by atoms with Crippen molar-refractivity contribution in [2.45, 2.75) is 69.4 Å². The second-order valence-electron chi connectivity index (χ2n) is 6.96. The molecule has 2 aromatic rings. The van der Waals surface area contributed by atoms with Gasteiger partial charge in [0.15, 0.2) is 0 Å². The molecule has 0 aliphatic heterocycles. The van der Waals surface area contributed by atoms with E-state index >= 15 is 0 Å². The monoisotopic (exact) mass is 392 g/mol. The first kappa shape index (κ1) is 19.8. The number of hydrogen-bond donors (Lipinski definition) is 2. The van der Waals surface area contributed by atoms with Crippen LogP contribution in [0.2, 0.25) is 0 Å². The summed E-state index contributed by atoms with van der Waals surface area (Å²) in [7, 11) is -2.14. The Labute approximate surface area is 160 Å². The van der Waals surface area contributed by atoms with Gasteiger partial charge in [0.2, 0.25) is 15.8 Å². The number of anilines is 1. The number of rotatable bonds is 8. The summed E-state index contributed by atoms with van der Waals surface area (Å²) in [5.74, 6) is 0.442. The Morgan fingerprint density at radius 1 is 1.22 bits per heavy atom. The predicted octanol–water partition coefficient (Wildman–Crippen LogP) is 2.79. The first-order valence-electron chi connectivity index (χ1n) is 9.66. The van der Waals surface area contributed by atoms with Gasteiger partial charge in [-0.05, 0) is 49.7 Å². The van der Waals surface area contributed by atoms with Crippen LogP contribution in [0.15, 0.2) is 23.1 Å². The zero-order chi connectivity index (χ0) is 19.3. The lowest BCUT2D eigenvalue weighted by atomic mass is 9.95. The summed E-state index contributed by atoms with van der Waals surface area (Å²) in [5, 5.41) is 16.3.